The highest BCUT2D eigenvalue weighted by Gasteiger charge is 2.23. The van der Waals surface area contributed by atoms with E-state index in [1.54, 1.807) is 24.1 Å². The molecule has 0 aliphatic carbocycles. The van der Waals surface area contributed by atoms with Gasteiger partial charge in [-0.1, -0.05) is 35.1 Å². The van der Waals surface area contributed by atoms with E-state index < -0.39 is 0 Å². The molecule has 7 nitrogen and oxygen atoms in total. The van der Waals surface area contributed by atoms with Gasteiger partial charge in [-0.2, -0.15) is 0 Å². The second kappa shape index (κ2) is 12.6. The predicted molar refractivity (Wildman–Crippen MR) is 139 cm³/mol. The third-order valence-corrected chi connectivity index (χ3v) is 7.07. The fourth-order valence-electron chi connectivity index (χ4n) is 3.75. The summed E-state index contributed by atoms with van der Waals surface area (Å²) in [5, 5.41) is 1.22. The Morgan fingerprint density at radius 1 is 1.21 bits per heavy atom. The molecular weight excluding hydrogens is 497 g/mol. The Bertz CT molecular complexity index is 1090. The number of carbonyl (C=O) groups is 1. The van der Waals surface area contributed by atoms with E-state index in [4.69, 9.17) is 30.8 Å². The van der Waals surface area contributed by atoms with Crippen LogP contribution >= 0.6 is 35.3 Å². The van der Waals surface area contributed by atoms with Crippen molar-refractivity contribution in [3.05, 3.63) is 47.0 Å². The number of nitrogens with zero attached hydrogens (tertiary/aromatic N) is 3. The third kappa shape index (κ3) is 6.31. The molecule has 2 aromatic carbocycles. The van der Waals surface area contributed by atoms with Crippen LogP contribution in [0.4, 0.5) is 5.13 Å². The standard InChI is InChI=1S/C24H28ClN3O4S.ClH/c1-3-32-18-6-4-17(5-7-18)16-21(29)28(11-10-27-12-14-31-15-13-27)24-26-22-20(30-2)9-8-19(25)23(22)33-24;/h4-9H,3,10-16H2,1-2H3;1H. The van der Waals surface area contributed by atoms with E-state index in [1.165, 1.54) is 11.3 Å². The first-order valence-corrected chi connectivity index (χ1v) is 12.2. The summed E-state index contributed by atoms with van der Waals surface area (Å²) in [5.74, 6) is 1.43. The number of ether oxygens (including phenoxy) is 3. The molecular formula is C24H29Cl2N3O4S. The molecule has 0 bridgehead atoms. The monoisotopic (exact) mass is 525 g/mol. The highest BCUT2D eigenvalue weighted by atomic mass is 35.5. The topological polar surface area (TPSA) is 64.1 Å². The second-order valence-corrected chi connectivity index (χ2v) is 9.06. The maximum absolute atomic E-state index is 13.5. The molecule has 184 valence electrons. The van der Waals surface area contributed by atoms with Gasteiger partial charge in [0.05, 0.1) is 43.1 Å². The number of fused-ring (bicyclic) bond motifs is 1. The number of methoxy groups -OCH3 is 1. The maximum Gasteiger partial charge on any atom is 0.233 e. The van der Waals surface area contributed by atoms with Gasteiger partial charge in [-0.3, -0.25) is 14.6 Å². The van der Waals surface area contributed by atoms with Gasteiger partial charge in [0.1, 0.15) is 17.0 Å². The van der Waals surface area contributed by atoms with E-state index in [-0.39, 0.29) is 24.7 Å². The molecule has 0 spiro atoms. The van der Waals surface area contributed by atoms with Gasteiger partial charge < -0.3 is 14.2 Å². The van der Waals surface area contributed by atoms with Gasteiger partial charge in [0.15, 0.2) is 5.13 Å². The lowest BCUT2D eigenvalue weighted by atomic mass is 10.1. The van der Waals surface area contributed by atoms with Crippen LogP contribution < -0.4 is 14.4 Å². The number of carbonyl (C=O) groups excluding carboxylic acids is 1. The zero-order chi connectivity index (χ0) is 23.2. The lowest BCUT2D eigenvalue weighted by Gasteiger charge is -2.29. The van der Waals surface area contributed by atoms with E-state index in [2.05, 4.69) is 4.90 Å². The number of aromatic nitrogens is 1. The molecule has 1 saturated heterocycles. The minimum Gasteiger partial charge on any atom is -0.494 e. The Labute approximate surface area is 215 Å². The van der Waals surface area contributed by atoms with E-state index in [9.17, 15) is 4.79 Å². The van der Waals surface area contributed by atoms with Crippen molar-refractivity contribution in [3.63, 3.8) is 0 Å². The number of thiazole rings is 1. The summed E-state index contributed by atoms with van der Waals surface area (Å²) in [5.41, 5.74) is 1.60. The second-order valence-electron chi connectivity index (χ2n) is 7.68. The van der Waals surface area contributed by atoms with Gasteiger partial charge in [-0.15, -0.1) is 12.4 Å². The van der Waals surface area contributed by atoms with Crippen LogP contribution in [0.3, 0.4) is 0 Å². The fourth-order valence-corrected chi connectivity index (χ4v) is 5.05. The molecule has 2 heterocycles. The summed E-state index contributed by atoms with van der Waals surface area (Å²) in [4.78, 5) is 22.3. The minimum atomic E-state index is -0.0124. The van der Waals surface area contributed by atoms with E-state index in [1.807, 2.05) is 31.2 Å². The van der Waals surface area contributed by atoms with E-state index in [0.717, 1.165) is 35.6 Å². The molecule has 0 radical (unpaired) electrons. The molecule has 1 aliphatic heterocycles. The van der Waals surface area contributed by atoms with Crippen LogP contribution in [-0.4, -0.2) is 68.9 Å². The van der Waals surface area contributed by atoms with Gasteiger partial charge in [-0.25, -0.2) is 4.98 Å². The molecule has 3 aromatic rings. The molecule has 1 amide bonds. The Morgan fingerprint density at radius 2 is 1.94 bits per heavy atom. The summed E-state index contributed by atoms with van der Waals surface area (Å²) in [6.07, 6.45) is 0.274. The Hall–Kier alpha value is -2.10. The zero-order valence-corrected chi connectivity index (χ0v) is 21.7. The van der Waals surface area contributed by atoms with Crippen LogP contribution in [-0.2, 0) is 16.0 Å². The number of benzene rings is 2. The lowest BCUT2D eigenvalue weighted by molar-refractivity contribution is -0.118. The first-order valence-electron chi connectivity index (χ1n) is 11.0. The largest absolute Gasteiger partial charge is 0.494 e. The maximum atomic E-state index is 13.5. The molecule has 1 aromatic heterocycles. The van der Waals surface area contributed by atoms with Crippen LogP contribution in [0.25, 0.3) is 10.2 Å². The quantitative estimate of drug-likeness (QED) is 0.403. The van der Waals surface area contributed by atoms with E-state index in [0.29, 0.717) is 47.8 Å². The SMILES string of the molecule is CCOc1ccc(CC(=O)N(CCN2CCOCC2)c2nc3c(OC)ccc(Cl)c3s2)cc1.Cl. The number of anilines is 1. The highest BCUT2D eigenvalue weighted by Crippen LogP contribution is 2.38. The molecule has 4 rings (SSSR count). The highest BCUT2D eigenvalue weighted by molar-refractivity contribution is 7.23. The molecule has 0 saturated carbocycles. The molecule has 34 heavy (non-hydrogen) atoms. The van der Waals surface area contributed by atoms with Crippen molar-refractivity contribution in [2.24, 2.45) is 0 Å². The van der Waals surface area contributed by atoms with Crippen LogP contribution in [0.15, 0.2) is 36.4 Å². The number of hydrogen-bond acceptors (Lipinski definition) is 7. The summed E-state index contributed by atoms with van der Waals surface area (Å²) >= 11 is 7.84. The first-order chi connectivity index (χ1) is 16.1. The number of rotatable bonds is 9. The van der Waals surface area contributed by atoms with Crippen molar-refractivity contribution < 1.29 is 19.0 Å². The smallest absolute Gasteiger partial charge is 0.233 e. The van der Waals surface area contributed by atoms with Gasteiger partial charge in [-0.05, 0) is 36.8 Å². The van der Waals surface area contributed by atoms with Crippen molar-refractivity contribution in [2.75, 3.05) is 58.0 Å². The average Bonchev–Trinajstić information content (AvgIpc) is 3.28. The lowest BCUT2D eigenvalue weighted by Crippen LogP contribution is -2.43. The van der Waals surface area contributed by atoms with Crippen LogP contribution in [0.1, 0.15) is 12.5 Å². The number of amides is 1. The van der Waals surface area contributed by atoms with Gasteiger partial charge in [0.2, 0.25) is 5.91 Å². The summed E-state index contributed by atoms with van der Waals surface area (Å²) in [6.45, 7) is 7.00. The van der Waals surface area contributed by atoms with Crippen molar-refractivity contribution in [1.82, 2.24) is 9.88 Å². The molecule has 0 atom stereocenters. The minimum absolute atomic E-state index is 0. The van der Waals surface area contributed by atoms with Gasteiger partial charge >= 0.3 is 0 Å². The van der Waals surface area contributed by atoms with Crippen LogP contribution in [0.2, 0.25) is 5.02 Å². The molecule has 0 N–H and O–H groups in total. The van der Waals surface area contributed by atoms with Gasteiger partial charge in [0, 0.05) is 26.2 Å². The van der Waals surface area contributed by atoms with E-state index >= 15 is 0 Å². The van der Waals surface area contributed by atoms with Gasteiger partial charge in [0.25, 0.3) is 0 Å². The Kier molecular flexibility index (Phi) is 9.79. The number of hydrogen-bond donors (Lipinski definition) is 0. The Balaban J connectivity index is 0.00000324. The third-order valence-electron chi connectivity index (χ3n) is 5.53. The van der Waals surface area contributed by atoms with Crippen molar-refractivity contribution in [3.8, 4) is 11.5 Å². The van der Waals surface area contributed by atoms with Crippen LogP contribution in [0, 0.1) is 0 Å². The zero-order valence-electron chi connectivity index (χ0n) is 19.3. The predicted octanol–water partition coefficient (Wildman–Crippen LogP) is 4.69. The Morgan fingerprint density at radius 3 is 2.62 bits per heavy atom. The molecule has 1 aliphatic rings. The molecule has 10 heteroatoms. The summed E-state index contributed by atoms with van der Waals surface area (Å²) in [6, 6.07) is 11.3. The van der Waals surface area contributed by atoms with Crippen molar-refractivity contribution in [1.29, 1.82) is 0 Å². The molecule has 0 unspecified atom stereocenters. The average molecular weight is 526 g/mol. The number of morpholine rings is 1. The fraction of sp³-hybridized carbons (Fsp3) is 0.417. The van der Waals surface area contributed by atoms with Crippen molar-refractivity contribution in [2.45, 2.75) is 13.3 Å². The summed E-state index contributed by atoms with van der Waals surface area (Å²) in [7, 11) is 1.61. The van der Waals surface area contributed by atoms with Crippen molar-refractivity contribution >= 4 is 56.6 Å². The molecule has 1 fully saturated rings. The summed E-state index contributed by atoms with van der Waals surface area (Å²) < 4.78 is 17.2. The number of halogens is 2. The first kappa shape index (κ1) is 26.5. The van der Waals surface area contributed by atoms with Crippen LogP contribution in [0.5, 0.6) is 11.5 Å². The normalized spacial score (nSPS) is 14.0.